The van der Waals surface area contributed by atoms with Gasteiger partial charge in [-0.3, -0.25) is 14.4 Å². The first kappa shape index (κ1) is 25.7. The van der Waals surface area contributed by atoms with Gasteiger partial charge in [-0.2, -0.15) is 0 Å². The maximum Gasteiger partial charge on any atom is 0.283 e. The number of rotatable bonds is 8. The van der Waals surface area contributed by atoms with Gasteiger partial charge in [-0.15, -0.1) is 0 Å². The van der Waals surface area contributed by atoms with Gasteiger partial charge in [0.25, 0.3) is 17.7 Å². The number of thioether (sulfide) groups is 1. The molecule has 4 aromatic rings. The van der Waals surface area contributed by atoms with Crippen molar-refractivity contribution in [2.75, 3.05) is 22.6 Å². The number of hydrogen-bond donors (Lipinski definition) is 2. The van der Waals surface area contributed by atoms with Crippen molar-refractivity contribution in [3.63, 3.8) is 0 Å². The van der Waals surface area contributed by atoms with Gasteiger partial charge in [0.15, 0.2) is 0 Å². The third-order valence-electron chi connectivity index (χ3n) is 5.85. The fourth-order valence-corrected chi connectivity index (χ4v) is 4.80. The van der Waals surface area contributed by atoms with Gasteiger partial charge in [-0.05, 0) is 84.9 Å². The van der Waals surface area contributed by atoms with E-state index in [1.807, 2.05) is 18.2 Å². The molecule has 0 aromatic heterocycles. The first-order chi connectivity index (χ1) is 18.9. The summed E-state index contributed by atoms with van der Waals surface area (Å²) in [7, 11) is 1.56. The maximum absolute atomic E-state index is 13.5. The van der Waals surface area contributed by atoms with Gasteiger partial charge < -0.3 is 15.4 Å². The van der Waals surface area contributed by atoms with Gasteiger partial charge >= 0.3 is 0 Å². The van der Waals surface area contributed by atoms with Crippen LogP contribution in [0.3, 0.4) is 0 Å². The largest absolute Gasteiger partial charge is 0.497 e. The first-order valence-electron chi connectivity index (χ1n) is 11.9. The molecule has 0 radical (unpaired) electrons. The molecule has 0 spiro atoms. The lowest BCUT2D eigenvalue weighted by Gasteiger charge is -2.15. The molecule has 5 rings (SSSR count). The highest BCUT2D eigenvalue weighted by atomic mass is 32.2. The Kier molecular flexibility index (Phi) is 7.42. The summed E-state index contributed by atoms with van der Waals surface area (Å²) in [6.45, 7) is 0. The summed E-state index contributed by atoms with van der Waals surface area (Å²) in [6.07, 6.45) is 0. The lowest BCUT2D eigenvalue weighted by atomic mass is 10.2. The van der Waals surface area contributed by atoms with Gasteiger partial charge in [0.1, 0.15) is 22.2 Å². The number of methoxy groups -OCH3 is 1. The van der Waals surface area contributed by atoms with E-state index in [1.165, 1.54) is 24.3 Å². The Bertz CT molecular complexity index is 1560. The first-order valence-corrected chi connectivity index (χ1v) is 12.7. The monoisotopic (exact) mass is 539 g/mol. The van der Waals surface area contributed by atoms with E-state index in [4.69, 9.17) is 4.74 Å². The molecular weight excluding hydrogens is 517 g/mol. The van der Waals surface area contributed by atoms with Crippen LogP contribution in [0.2, 0.25) is 0 Å². The van der Waals surface area contributed by atoms with Crippen molar-refractivity contribution >= 4 is 46.5 Å². The molecule has 4 aromatic carbocycles. The van der Waals surface area contributed by atoms with E-state index in [0.29, 0.717) is 27.6 Å². The highest BCUT2D eigenvalue weighted by Crippen LogP contribution is 2.38. The topological polar surface area (TPSA) is 87.7 Å². The molecule has 0 saturated heterocycles. The zero-order valence-corrected chi connectivity index (χ0v) is 21.5. The van der Waals surface area contributed by atoms with Crippen LogP contribution in [-0.4, -0.2) is 24.8 Å². The molecule has 0 bridgehead atoms. The van der Waals surface area contributed by atoms with Crippen molar-refractivity contribution in [3.05, 3.63) is 125 Å². The Balaban J connectivity index is 1.37. The minimum Gasteiger partial charge on any atom is -0.497 e. The molecule has 7 nitrogen and oxygen atoms in total. The van der Waals surface area contributed by atoms with Crippen LogP contribution in [-0.2, 0) is 9.59 Å². The number of anilines is 3. The Morgan fingerprint density at radius 1 is 0.795 bits per heavy atom. The van der Waals surface area contributed by atoms with Crippen LogP contribution in [0.4, 0.5) is 21.5 Å². The fourth-order valence-electron chi connectivity index (χ4n) is 3.87. The summed E-state index contributed by atoms with van der Waals surface area (Å²) >= 11 is 1.12. The summed E-state index contributed by atoms with van der Waals surface area (Å²) in [6, 6.07) is 27.9. The summed E-state index contributed by atoms with van der Waals surface area (Å²) in [4.78, 5) is 41.3. The average Bonchev–Trinajstić information content (AvgIpc) is 3.19. The highest BCUT2D eigenvalue weighted by molar-refractivity contribution is 8.04. The van der Waals surface area contributed by atoms with E-state index >= 15 is 0 Å². The zero-order chi connectivity index (χ0) is 27.4. The van der Waals surface area contributed by atoms with Crippen LogP contribution in [0.5, 0.6) is 5.75 Å². The number of halogens is 1. The second-order valence-corrected chi connectivity index (χ2v) is 9.51. The van der Waals surface area contributed by atoms with Crippen molar-refractivity contribution in [3.8, 4) is 5.75 Å². The molecule has 0 atom stereocenters. The van der Waals surface area contributed by atoms with E-state index in [1.54, 1.807) is 67.8 Å². The molecular formula is C30H22FN3O4S. The number of hydrogen-bond acceptors (Lipinski definition) is 6. The normalized spacial score (nSPS) is 13.0. The minimum atomic E-state index is -0.540. The van der Waals surface area contributed by atoms with Crippen molar-refractivity contribution in [1.82, 2.24) is 0 Å². The number of benzene rings is 4. The van der Waals surface area contributed by atoms with E-state index in [2.05, 4.69) is 10.6 Å². The summed E-state index contributed by atoms with van der Waals surface area (Å²) in [5, 5.41) is 5.91. The number of nitrogens with zero attached hydrogens (tertiary/aromatic N) is 1. The van der Waals surface area contributed by atoms with Crippen LogP contribution < -0.4 is 20.3 Å². The minimum absolute atomic E-state index is 0.123. The summed E-state index contributed by atoms with van der Waals surface area (Å²) in [5.41, 5.74) is 2.08. The summed E-state index contributed by atoms with van der Waals surface area (Å²) < 4.78 is 18.6. The quantitative estimate of drug-likeness (QED) is 0.264. The molecule has 0 unspecified atom stereocenters. The van der Waals surface area contributed by atoms with Crippen LogP contribution in [0.25, 0.3) is 0 Å². The van der Waals surface area contributed by atoms with Crippen LogP contribution in [0, 0.1) is 5.82 Å². The SMILES string of the molecule is COc1ccc(C(=O)Nc2ccc(SC3=C(Nc4ccccc4)C(=O)N(c4ccc(F)cc4)C3=O)cc2)cc1. The van der Waals surface area contributed by atoms with E-state index in [-0.39, 0.29) is 22.2 Å². The molecule has 0 fully saturated rings. The van der Waals surface area contributed by atoms with Gasteiger partial charge in [0.05, 0.1) is 12.8 Å². The third kappa shape index (κ3) is 5.68. The number of carbonyl (C=O) groups is 3. The van der Waals surface area contributed by atoms with E-state index in [0.717, 1.165) is 16.7 Å². The standard InChI is InChI=1S/C30H22FN3O4S/c1-38-24-15-7-19(8-16-24)28(35)33-22-11-17-25(18-12-22)39-27-26(32-21-5-3-2-4-6-21)29(36)34(30(27)37)23-13-9-20(31)10-14-23/h2-18,32H,1H3,(H,33,35). The molecule has 194 valence electrons. The lowest BCUT2D eigenvalue weighted by Crippen LogP contribution is -2.32. The Hall–Kier alpha value is -4.89. The van der Waals surface area contributed by atoms with Crippen LogP contribution in [0.15, 0.2) is 119 Å². The van der Waals surface area contributed by atoms with Gasteiger partial charge in [0.2, 0.25) is 0 Å². The number of ether oxygens (including phenoxy) is 1. The molecule has 0 aliphatic carbocycles. The van der Waals surface area contributed by atoms with E-state index < -0.39 is 17.6 Å². The number of imide groups is 1. The van der Waals surface area contributed by atoms with Crippen molar-refractivity contribution in [1.29, 1.82) is 0 Å². The molecule has 1 aliphatic rings. The van der Waals surface area contributed by atoms with Crippen LogP contribution >= 0.6 is 11.8 Å². The van der Waals surface area contributed by atoms with Crippen molar-refractivity contribution in [2.45, 2.75) is 4.90 Å². The Morgan fingerprint density at radius 2 is 1.46 bits per heavy atom. The zero-order valence-electron chi connectivity index (χ0n) is 20.7. The summed E-state index contributed by atoms with van der Waals surface area (Å²) in [5.74, 6) is -1.15. The van der Waals surface area contributed by atoms with Crippen LogP contribution in [0.1, 0.15) is 10.4 Å². The number of carbonyl (C=O) groups excluding carboxylic acids is 3. The second kappa shape index (κ2) is 11.2. The number of para-hydroxylation sites is 1. The van der Waals surface area contributed by atoms with Crippen molar-refractivity contribution < 1.29 is 23.5 Å². The predicted octanol–water partition coefficient (Wildman–Crippen LogP) is 6.08. The van der Waals surface area contributed by atoms with E-state index in [9.17, 15) is 18.8 Å². The molecule has 1 heterocycles. The predicted molar refractivity (Wildman–Crippen MR) is 149 cm³/mol. The highest BCUT2D eigenvalue weighted by Gasteiger charge is 2.40. The average molecular weight is 540 g/mol. The third-order valence-corrected chi connectivity index (χ3v) is 6.94. The Morgan fingerprint density at radius 3 is 2.10 bits per heavy atom. The number of amides is 3. The molecule has 0 saturated carbocycles. The smallest absolute Gasteiger partial charge is 0.283 e. The molecule has 9 heteroatoms. The maximum atomic E-state index is 13.5. The lowest BCUT2D eigenvalue weighted by molar-refractivity contribution is -0.120. The molecule has 3 amide bonds. The molecule has 1 aliphatic heterocycles. The van der Waals surface area contributed by atoms with Gasteiger partial charge in [-0.1, -0.05) is 30.0 Å². The Labute approximate surface area is 228 Å². The number of nitrogens with one attached hydrogen (secondary N) is 2. The molecule has 2 N–H and O–H groups in total. The fraction of sp³-hybridized carbons (Fsp3) is 0.0333. The second-order valence-electron chi connectivity index (χ2n) is 8.43. The van der Waals surface area contributed by atoms with Gasteiger partial charge in [-0.25, -0.2) is 9.29 Å². The van der Waals surface area contributed by atoms with Crippen molar-refractivity contribution in [2.24, 2.45) is 0 Å². The molecule has 39 heavy (non-hydrogen) atoms. The van der Waals surface area contributed by atoms with Gasteiger partial charge in [0, 0.05) is 21.8 Å².